The van der Waals surface area contributed by atoms with Crippen molar-refractivity contribution in [2.45, 2.75) is 32.7 Å². The van der Waals surface area contributed by atoms with Crippen molar-refractivity contribution in [2.75, 3.05) is 0 Å². The molecule has 0 spiro atoms. The fourth-order valence-corrected chi connectivity index (χ4v) is 1.68. The van der Waals surface area contributed by atoms with Crippen LogP contribution in [0, 0.1) is 6.92 Å². The van der Waals surface area contributed by atoms with Crippen LogP contribution >= 0.6 is 12.9 Å². The van der Waals surface area contributed by atoms with Crippen LogP contribution in [0.1, 0.15) is 31.4 Å². The van der Waals surface area contributed by atoms with Crippen molar-refractivity contribution in [3.05, 3.63) is 29.3 Å². The van der Waals surface area contributed by atoms with Gasteiger partial charge in [0.1, 0.15) is 5.75 Å². The Morgan fingerprint density at radius 2 is 2.20 bits per heavy atom. The molecule has 84 valence electrons. The highest BCUT2D eigenvalue weighted by Crippen LogP contribution is 2.33. The van der Waals surface area contributed by atoms with E-state index in [2.05, 4.69) is 25.3 Å². The normalized spacial score (nSPS) is 14.7. The summed E-state index contributed by atoms with van der Waals surface area (Å²) in [5.74, 6) is 6.33. The first-order chi connectivity index (χ1) is 7.07. The molecule has 1 unspecified atom stereocenters. The molecule has 0 bridgehead atoms. The van der Waals surface area contributed by atoms with Gasteiger partial charge in [0.2, 0.25) is 0 Å². The average Bonchev–Trinajstić information content (AvgIpc) is 2.27. The van der Waals surface area contributed by atoms with E-state index in [0.29, 0.717) is 0 Å². The quantitative estimate of drug-likeness (QED) is 0.319. The molecule has 15 heavy (non-hydrogen) atoms. The maximum atomic E-state index is 5.58. The molecule has 0 saturated carbocycles. The minimum absolute atomic E-state index is 0.286. The molecule has 0 aliphatic rings. The van der Waals surface area contributed by atoms with Crippen molar-refractivity contribution in [1.82, 2.24) is 5.43 Å². The van der Waals surface area contributed by atoms with Crippen molar-refractivity contribution in [1.29, 1.82) is 0 Å². The first kappa shape index (κ1) is 12.4. The number of aryl methyl sites for hydroxylation is 1. The molecule has 0 aliphatic carbocycles. The molecule has 0 amide bonds. The van der Waals surface area contributed by atoms with Gasteiger partial charge < -0.3 is 4.18 Å². The predicted octanol–water partition coefficient (Wildman–Crippen LogP) is 2.31. The molecule has 0 fully saturated rings. The second-order valence-corrected chi connectivity index (χ2v) is 4.10. The number of thiol groups is 1. The van der Waals surface area contributed by atoms with Crippen molar-refractivity contribution in [3.63, 3.8) is 0 Å². The lowest BCUT2D eigenvalue weighted by molar-refractivity contribution is 0.354. The summed E-state index contributed by atoms with van der Waals surface area (Å²) in [5, 5.41) is 0. The Kier molecular flexibility index (Phi) is 4.02. The lowest BCUT2D eigenvalue weighted by Crippen LogP contribution is -2.43. The van der Waals surface area contributed by atoms with Crippen LogP contribution in [-0.4, -0.2) is 0 Å². The molecule has 3 nitrogen and oxygen atoms in total. The second kappa shape index (κ2) is 4.88. The fraction of sp³-hybridized carbons (Fsp3) is 0.455. The Labute approximate surface area is 96.6 Å². The van der Waals surface area contributed by atoms with Crippen LogP contribution in [0.3, 0.4) is 0 Å². The molecule has 1 atom stereocenters. The molecule has 1 aromatic rings. The molecule has 0 aromatic heterocycles. The monoisotopic (exact) mass is 226 g/mol. The summed E-state index contributed by atoms with van der Waals surface area (Å²) < 4.78 is 5.07. The van der Waals surface area contributed by atoms with E-state index in [4.69, 9.17) is 10.0 Å². The lowest BCUT2D eigenvalue weighted by Gasteiger charge is -2.29. The smallest absolute Gasteiger partial charge is 0.142 e. The van der Waals surface area contributed by atoms with Crippen LogP contribution in [-0.2, 0) is 5.54 Å². The van der Waals surface area contributed by atoms with Crippen LogP contribution in [0.15, 0.2) is 18.2 Å². The lowest BCUT2D eigenvalue weighted by atomic mass is 9.89. The zero-order valence-corrected chi connectivity index (χ0v) is 10.3. The number of hydrazine groups is 1. The topological polar surface area (TPSA) is 47.3 Å². The van der Waals surface area contributed by atoms with E-state index in [-0.39, 0.29) is 5.54 Å². The largest absolute Gasteiger partial charge is 0.429 e. The van der Waals surface area contributed by atoms with E-state index in [1.807, 2.05) is 32.0 Å². The Bertz CT molecular complexity index is 337. The molecule has 0 radical (unpaired) electrons. The third-order valence-corrected chi connectivity index (χ3v) is 3.05. The number of hydrogen-bond donors (Lipinski definition) is 3. The summed E-state index contributed by atoms with van der Waals surface area (Å²) in [5.41, 5.74) is 4.70. The van der Waals surface area contributed by atoms with Gasteiger partial charge in [-0.15, -0.1) is 0 Å². The molecule has 0 saturated heterocycles. The second-order valence-electron chi connectivity index (χ2n) is 3.92. The average molecular weight is 226 g/mol. The number of hydrogen-bond acceptors (Lipinski definition) is 4. The van der Waals surface area contributed by atoms with Gasteiger partial charge in [-0.25, -0.2) is 0 Å². The Hall–Kier alpha value is -0.710. The number of benzene rings is 1. The predicted molar refractivity (Wildman–Crippen MR) is 65.8 cm³/mol. The van der Waals surface area contributed by atoms with Gasteiger partial charge in [-0.05, 0) is 31.9 Å². The van der Waals surface area contributed by atoms with E-state index < -0.39 is 0 Å². The van der Waals surface area contributed by atoms with Crippen molar-refractivity contribution in [3.8, 4) is 5.75 Å². The van der Waals surface area contributed by atoms with Gasteiger partial charge in [-0.1, -0.05) is 19.1 Å². The van der Waals surface area contributed by atoms with Gasteiger partial charge in [-0.2, -0.15) is 0 Å². The molecule has 0 aliphatic heterocycles. The van der Waals surface area contributed by atoms with Gasteiger partial charge in [0.15, 0.2) is 0 Å². The molecule has 4 heteroatoms. The van der Waals surface area contributed by atoms with Crippen molar-refractivity contribution in [2.24, 2.45) is 5.84 Å². The number of nitrogens with two attached hydrogens (primary N) is 1. The van der Waals surface area contributed by atoms with Gasteiger partial charge >= 0.3 is 0 Å². The SMILES string of the molecule is CCC(C)(NN)c1ccc(C)cc1OS. The van der Waals surface area contributed by atoms with Crippen LogP contribution in [0.5, 0.6) is 5.75 Å². The highest BCUT2D eigenvalue weighted by Gasteiger charge is 2.26. The third-order valence-electron chi connectivity index (χ3n) is 2.86. The van der Waals surface area contributed by atoms with Crippen LogP contribution in [0.2, 0.25) is 0 Å². The van der Waals surface area contributed by atoms with Gasteiger partial charge in [0, 0.05) is 18.5 Å². The molecular weight excluding hydrogens is 208 g/mol. The highest BCUT2D eigenvalue weighted by atomic mass is 32.1. The van der Waals surface area contributed by atoms with Gasteiger partial charge in [0.25, 0.3) is 0 Å². The number of nitrogens with one attached hydrogen (secondary N) is 1. The van der Waals surface area contributed by atoms with Gasteiger partial charge in [-0.3, -0.25) is 11.3 Å². The zero-order chi connectivity index (χ0) is 11.5. The summed E-state index contributed by atoms with van der Waals surface area (Å²) in [6.45, 7) is 6.12. The van der Waals surface area contributed by atoms with Crippen molar-refractivity contribution < 1.29 is 4.18 Å². The standard InChI is InChI=1S/C11H18N2OS/c1-4-11(3,13-12)9-6-5-8(2)7-10(9)14-15/h5-7,13,15H,4,12H2,1-3H3. The van der Waals surface area contributed by atoms with E-state index >= 15 is 0 Å². The highest BCUT2D eigenvalue weighted by molar-refractivity contribution is 7.75. The molecule has 0 heterocycles. The van der Waals surface area contributed by atoms with Crippen LogP contribution in [0.4, 0.5) is 0 Å². The Morgan fingerprint density at radius 3 is 2.67 bits per heavy atom. The summed E-state index contributed by atoms with van der Waals surface area (Å²) in [6, 6.07) is 6.01. The maximum absolute atomic E-state index is 5.58. The van der Waals surface area contributed by atoms with E-state index in [1.165, 1.54) is 0 Å². The van der Waals surface area contributed by atoms with Gasteiger partial charge in [0.05, 0.1) is 5.54 Å². The maximum Gasteiger partial charge on any atom is 0.142 e. The van der Waals surface area contributed by atoms with Crippen LogP contribution < -0.4 is 15.5 Å². The molecule has 3 N–H and O–H groups in total. The molecule has 1 rings (SSSR count). The fourth-order valence-electron chi connectivity index (χ4n) is 1.53. The van der Waals surface area contributed by atoms with E-state index in [9.17, 15) is 0 Å². The zero-order valence-electron chi connectivity index (χ0n) is 9.37. The van der Waals surface area contributed by atoms with E-state index in [0.717, 1.165) is 23.3 Å². The summed E-state index contributed by atoms with van der Waals surface area (Å²) >= 11 is 3.87. The summed E-state index contributed by atoms with van der Waals surface area (Å²) in [4.78, 5) is 0. The van der Waals surface area contributed by atoms with Crippen LogP contribution in [0.25, 0.3) is 0 Å². The third kappa shape index (κ3) is 2.45. The first-order valence-corrected chi connectivity index (χ1v) is 5.34. The Morgan fingerprint density at radius 1 is 1.53 bits per heavy atom. The first-order valence-electron chi connectivity index (χ1n) is 4.97. The van der Waals surface area contributed by atoms with Crippen molar-refractivity contribution >= 4 is 12.9 Å². The number of rotatable bonds is 4. The summed E-state index contributed by atoms with van der Waals surface area (Å²) in [7, 11) is 0. The molecule has 1 aromatic carbocycles. The minimum Gasteiger partial charge on any atom is -0.429 e. The van der Waals surface area contributed by atoms with E-state index in [1.54, 1.807) is 0 Å². The molecular formula is C11H18N2OS. The summed E-state index contributed by atoms with van der Waals surface area (Å²) in [6.07, 6.45) is 0.872. The Balaban J connectivity index is 3.23. The minimum atomic E-state index is -0.286.